The van der Waals surface area contributed by atoms with E-state index in [1.54, 1.807) is 16.4 Å². The summed E-state index contributed by atoms with van der Waals surface area (Å²) in [5, 5.41) is 0. The van der Waals surface area contributed by atoms with Gasteiger partial charge in [-0.25, -0.2) is 8.42 Å². The van der Waals surface area contributed by atoms with Gasteiger partial charge in [-0.2, -0.15) is 4.31 Å². The van der Waals surface area contributed by atoms with E-state index in [1.165, 1.54) is 0 Å². The molecular formula is C21H32N2O4S. The monoisotopic (exact) mass is 408 g/mol. The molecule has 1 amide bonds. The van der Waals surface area contributed by atoms with E-state index < -0.39 is 10.0 Å². The third-order valence-corrected chi connectivity index (χ3v) is 7.60. The van der Waals surface area contributed by atoms with Crippen LogP contribution in [0.5, 0.6) is 0 Å². The van der Waals surface area contributed by atoms with Crippen molar-refractivity contribution in [1.29, 1.82) is 0 Å². The fourth-order valence-corrected chi connectivity index (χ4v) is 5.45. The molecule has 0 aliphatic carbocycles. The van der Waals surface area contributed by atoms with Gasteiger partial charge in [-0.1, -0.05) is 18.6 Å². The summed E-state index contributed by atoms with van der Waals surface area (Å²) in [6.45, 7) is 5.36. The van der Waals surface area contributed by atoms with Gasteiger partial charge in [0, 0.05) is 39.2 Å². The molecule has 7 heteroatoms. The zero-order valence-corrected chi connectivity index (χ0v) is 17.6. The lowest BCUT2D eigenvalue weighted by Crippen LogP contribution is -2.37. The summed E-state index contributed by atoms with van der Waals surface area (Å²) in [5.41, 5.74) is 0.985. The first-order chi connectivity index (χ1) is 13.5. The molecule has 0 bridgehead atoms. The van der Waals surface area contributed by atoms with E-state index in [1.807, 2.05) is 24.0 Å². The number of nitrogens with zero attached hydrogens (tertiary/aromatic N) is 2. The molecule has 2 aliphatic heterocycles. The first-order valence-electron chi connectivity index (χ1n) is 10.5. The Morgan fingerprint density at radius 3 is 2.46 bits per heavy atom. The summed E-state index contributed by atoms with van der Waals surface area (Å²) in [6.07, 6.45) is 6.27. The number of rotatable bonds is 8. The number of carbonyl (C=O) groups excluding carboxylic acids is 1. The zero-order chi connectivity index (χ0) is 20.0. The number of benzene rings is 1. The van der Waals surface area contributed by atoms with Crippen LogP contribution in [0.25, 0.3) is 0 Å². The van der Waals surface area contributed by atoms with Crippen LogP contribution in [0.2, 0.25) is 0 Å². The Morgan fingerprint density at radius 2 is 1.86 bits per heavy atom. The number of hydrogen-bond acceptors (Lipinski definition) is 4. The number of hydrogen-bond donors (Lipinski definition) is 0. The number of aryl methyl sites for hydroxylation is 1. The van der Waals surface area contributed by atoms with Crippen LogP contribution in [0.15, 0.2) is 29.2 Å². The normalized spacial score (nSPS) is 21.0. The van der Waals surface area contributed by atoms with Crippen molar-refractivity contribution < 1.29 is 17.9 Å². The molecule has 2 fully saturated rings. The van der Waals surface area contributed by atoms with Crippen LogP contribution in [0.1, 0.15) is 51.0 Å². The molecule has 3 rings (SSSR count). The van der Waals surface area contributed by atoms with Crippen LogP contribution in [0.4, 0.5) is 0 Å². The Morgan fingerprint density at radius 1 is 1.14 bits per heavy atom. The summed E-state index contributed by atoms with van der Waals surface area (Å²) in [7, 11) is -3.40. The Labute approximate surface area is 168 Å². The van der Waals surface area contributed by atoms with Crippen molar-refractivity contribution in [3.63, 3.8) is 0 Å². The average molecular weight is 409 g/mol. The molecule has 2 heterocycles. The van der Waals surface area contributed by atoms with Gasteiger partial charge in [0.2, 0.25) is 15.9 Å². The number of likely N-dealkylation sites (N-methyl/N-ethyl adjacent to an activating group) is 1. The quantitative estimate of drug-likeness (QED) is 0.663. The van der Waals surface area contributed by atoms with Crippen molar-refractivity contribution in [2.75, 3.05) is 32.8 Å². The highest BCUT2D eigenvalue weighted by molar-refractivity contribution is 7.89. The van der Waals surface area contributed by atoms with Gasteiger partial charge < -0.3 is 9.64 Å². The van der Waals surface area contributed by atoms with E-state index in [0.29, 0.717) is 43.9 Å². The maximum Gasteiger partial charge on any atom is 0.243 e. The molecule has 0 radical (unpaired) electrons. The maximum atomic E-state index is 12.7. The smallest absolute Gasteiger partial charge is 0.243 e. The minimum atomic E-state index is -3.40. The van der Waals surface area contributed by atoms with Crippen molar-refractivity contribution in [1.82, 2.24) is 9.21 Å². The van der Waals surface area contributed by atoms with Gasteiger partial charge in [-0.15, -0.1) is 0 Å². The van der Waals surface area contributed by atoms with Gasteiger partial charge in [0.05, 0.1) is 11.0 Å². The highest BCUT2D eigenvalue weighted by Crippen LogP contribution is 2.21. The molecule has 1 aromatic rings. The van der Waals surface area contributed by atoms with E-state index in [4.69, 9.17) is 4.74 Å². The standard InChI is InChI=1S/C21H32N2O4S/c1-2-22(17-19-7-6-16-27-19)21(24)13-10-18-8-11-20(12-9-18)28(25,26)23-14-4-3-5-15-23/h8-9,11-12,19H,2-7,10,13-17H2,1H3. The lowest BCUT2D eigenvalue weighted by molar-refractivity contribution is -0.132. The number of amides is 1. The third kappa shape index (κ3) is 5.33. The highest BCUT2D eigenvalue weighted by Gasteiger charge is 2.26. The van der Waals surface area contributed by atoms with Gasteiger partial charge >= 0.3 is 0 Å². The van der Waals surface area contributed by atoms with E-state index in [2.05, 4.69) is 0 Å². The van der Waals surface area contributed by atoms with Gasteiger partial charge in [0.15, 0.2) is 0 Å². The number of sulfonamides is 1. The summed E-state index contributed by atoms with van der Waals surface area (Å²) >= 11 is 0. The second kappa shape index (κ2) is 9.85. The summed E-state index contributed by atoms with van der Waals surface area (Å²) < 4.78 is 32.6. The minimum Gasteiger partial charge on any atom is -0.376 e. The largest absolute Gasteiger partial charge is 0.376 e. The summed E-state index contributed by atoms with van der Waals surface area (Å²) in [5.74, 6) is 0.128. The molecule has 6 nitrogen and oxygen atoms in total. The second-order valence-corrected chi connectivity index (χ2v) is 9.61. The van der Waals surface area contributed by atoms with Crippen molar-refractivity contribution in [3.8, 4) is 0 Å². The molecule has 2 aliphatic rings. The van der Waals surface area contributed by atoms with Gasteiger partial charge in [-0.3, -0.25) is 4.79 Å². The Bertz CT molecular complexity index is 736. The van der Waals surface area contributed by atoms with E-state index in [-0.39, 0.29) is 12.0 Å². The van der Waals surface area contributed by atoms with Crippen molar-refractivity contribution in [2.45, 2.75) is 62.9 Å². The van der Waals surface area contributed by atoms with Crippen LogP contribution in [0, 0.1) is 0 Å². The van der Waals surface area contributed by atoms with Crippen molar-refractivity contribution in [3.05, 3.63) is 29.8 Å². The predicted molar refractivity (Wildman–Crippen MR) is 109 cm³/mol. The van der Waals surface area contributed by atoms with Gasteiger partial charge in [-0.05, 0) is 56.7 Å². The first-order valence-corrected chi connectivity index (χ1v) is 11.9. The Kier molecular flexibility index (Phi) is 7.48. The van der Waals surface area contributed by atoms with E-state index in [9.17, 15) is 13.2 Å². The molecule has 0 saturated carbocycles. The van der Waals surface area contributed by atoms with Gasteiger partial charge in [0.1, 0.15) is 0 Å². The number of carbonyl (C=O) groups is 1. The second-order valence-electron chi connectivity index (χ2n) is 7.68. The minimum absolute atomic E-state index is 0.128. The maximum absolute atomic E-state index is 12.7. The van der Waals surface area contributed by atoms with Crippen LogP contribution in [-0.4, -0.2) is 62.4 Å². The molecule has 0 N–H and O–H groups in total. The van der Waals surface area contributed by atoms with Crippen molar-refractivity contribution in [2.24, 2.45) is 0 Å². The fourth-order valence-electron chi connectivity index (χ4n) is 3.93. The molecule has 28 heavy (non-hydrogen) atoms. The Hall–Kier alpha value is -1.44. The highest BCUT2D eigenvalue weighted by atomic mass is 32.2. The summed E-state index contributed by atoms with van der Waals surface area (Å²) in [6, 6.07) is 7.02. The molecular weight excluding hydrogens is 376 g/mol. The number of ether oxygens (including phenoxy) is 1. The average Bonchev–Trinajstić information content (AvgIpc) is 3.24. The lowest BCUT2D eigenvalue weighted by Gasteiger charge is -2.26. The number of piperidine rings is 1. The fraction of sp³-hybridized carbons (Fsp3) is 0.667. The first kappa shape index (κ1) is 21.3. The molecule has 1 aromatic carbocycles. The third-order valence-electron chi connectivity index (χ3n) is 5.69. The molecule has 0 spiro atoms. The predicted octanol–water partition coefficient (Wildman–Crippen LogP) is 2.82. The molecule has 156 valence electrons. The van der Waals surface area contributed by atoms with E-state index >= 15 is 0 Å². The van der Waals surface area contributed by atoms with E-state index in [0.717, 1.165) is 44.3 Å². The lowest BCUT2D eigenvalue weighted by atomic mass is 10.1. The van der Waals surface area contributed by atoms with Crippen LogP contribution >= 0.6 is 0 Å². The van der Waals surface area contributed by atoms with Gasteiger partial charge in [0.25, 0.3) is 0 Å². The van der Waals surface area contributed by atoms with Crippen molar-refractivity contribution >= 4 is 15.9 Å². The molecule has 1 unspecified atom stereocenters. The molecule has 2 saturated heterocycles. The van der Waals surface area contributed by atoms with Crippen LogP contribution < -0.4 is 0 Å². The van der Waals surface area contributed by atoms with Crippen LogP contribution in [-0.2, 0) is 26.0 Å². The molecule has 0 aromatic heterocycles. The molecule has 1 atom stereocenters. The summed E-state index contributed by atoms with van der Waals surface area (Å²) in [4.78, 5) is 14.7. The SMILES string of the molecule is CCN(CC1CCCO1)C(=O)CCc1ccc(S(=O)(=O)N2CCCCC2)cc1. The van der Waals surface area contributed by atoms with Crippen LogP contribution in [0.3, 0.4) is 0 Å². The zero-order valence-electron chi connectivity index (χ0n) is 16.8. The Balaban J connectivity index is 1.54. The topological polar surface area (TPSA) is 66.9 Å².